The van der Waals surface area contributed by atoms with E-state index in [1.807, 2.05) is 25.1 Å². The van der Waals surface area contributed by atoms with E-state index in [1.54, 1.807) is 18.7 Å². The van der Waals surface area contributed by atoms with E-state index in [2.05, 4.69) is 10.6 Å². The molecular weight excluding hydrogens is 254 g/mol. The first-order chi connectivity index (χ1) is 9.40. The quantitative estimate of drug-likeness (QED) is 0.784. The lowest BCUT2D eigenvalue weighted by molar-refractivity contribution is 0.0315. The molecule has 5 heteroatoms. The lowest BCUT2D eigenvalue weighted by Gasteiger charge is -2.28. The van der Waals surface area contributed by atoms with Crippen LogP contribution in [0.5, 0.6) is 0 Å². The maximum absolute atomic E-state index is 12.5. The molecule has 20 heavy (non-hydrogen) atoms. The van der Waals surface area contributed by atoms with Crippen LogP contribution < -0.4 is 10.6 Å². The van der Waals surface area contributed by atoms with Crippen molar-refractivity contribution in [3.8, 4) is 0 Å². The van der Waals surface area contributed by atoms with Crippen LogP contribution in [0.4, 0.5) is 11.4 Å². The molecule has 0 saturated carbocycles. The van der Waals surface area contributed by atoms with Crippen molar-refractivity contribution >= 4 is 17.3 Å². The van der Waals surface area contributed by atoms with Gasteiger partial charge in [-0.15, -0.1) is 0 Å². The van der Waals surface area contributed by atoms with Crippen molar-refractivity contribution in [2.75, 3.05) is 36.8 Å². The zero-order valence-electron chi connectivity index (χ0n) is 12.4. The summed E-state index contributed by atoms with van der Waals surface area (Å²) >= 11 is 0. The number of rotatable bonds is 4. The maximum atomic E-state index is 12.5. The number of carbonyl (C=O) groups is 1. The number of benzene rings is 1. The molecule has 110 valence electrons. The van der Waals surface area contributed by atoms with Crippen LogP contribution in [0.25, 0.3) is 0 Å². The van der Waals surface area contributed by atoms with E-state index >= 15 is 0 Å². The molecule has 0 aliphatic carbocycles. The zero-order valence-corrected chi connectivity index (χ0v) is 12.4. The normalized spacial score (nSPS) is 14.0. The van der Waals surface area contributed by atoms with Crippen LogP contribution >= 0.6 is 0 Å². The summed E-state index contributed by atoms with van der Waals surface area (Å²) < 4.78 is 0. The van der Waals surface area contributed by atoms with Crippen LogP contribution in [-0.2, 0) is 0 Å². The van der Waals surface area contributed by atoms with E-state index in [4.69, 9.17) is 0 Å². The summed E-state index contributed by atoms with van der Waals surface area (Å²) in [7, 11) is 0. The summed E-state index contributed by atoms with van der Waals surface area (Å²) in [6.07, 6.45) is 0. The first-order valence-corrected chi connectivity index (χ1v) is 7.04. The third kappa shape index (κ3) is 3.42. The van der Waals surface area contributed by atoms with Gasteiger partial charge in [-0.3, -0.25) is 4.79 Å². The molecule has 1 aliphatic rings. The molecule has 3 N–H and O–H groups in total. The molecule has 0 atom stereocenters. The molecule has 1 heterocycles. The van der Waals surface area contributed by atoms with Gasteiger partial charge in [-0.25, -0.2) is 0 Å². The Labute approximate surface area is 120 Å². The van der Waals surface area contributed by atoms with Crippen molar-refractivity contribution in [2.24, 2.45) is 0 Å². The Morgan fingerprint density at radius 1 is 1.30 bits per heavy atom. The molecular formula is C15H23N3O2. The number of carbonyl (C=O) groups excluding carboxylic acids is 1. The van der Waals surface area contributed by atoms with Gasteiger partial charge >= 0.3 is 0 Å². The van der Waals surface area contributed by atoms with E-state index < -0.39 is 5.60 Å². The van der Waals surface area contributed by atoms with Crippen molar-refractivity contribution in [1.82, 2.24) is 4.90 Å². The minimum atomic E-state index is -0.889. The summed E-state index contributed by atoms with van der Waals surface area (Å²) in [6, 6.07) is 5.62. The summed E-state index contributed by atoms with van der Waals surface area (Å²) in [5.41, 5.74) is 1.74. The molecule has 0 unspecified atom stereocenters. The standard InChI is InChI=1S/C15H23N3O2/c1-4-18(10-15(2,3)20)14(19)11-5-6-12-13(9-11)17-8-7-16-12/h5-6,9,16-17,20H,4,7-8,10H2,1-3H3. The Bertz CT molecular complexity index is 494. The van der Waals surface area contributed by atoms with E-state index in [0.29, 0.717) is 18.7 Å². The Kier molecular flexibility index (Phi) is 4.18. The van der Waals surface area contributed by atoms with Gasteiger partial charge in [0.25, 0.3) is 5.91 Å². The van der Waals surface area contributed by atoms with Crippen molar-refractivity contribution in [3.05, 3.63) is 23.8 Å². The van der Waals surface area contributed by atoms with Gasteiger partial charge in [0.1, 0.15) is 0 Å². The predicted octanol–water partition coefficient (Wildman–Crippen LogP) is 1.76. The zero-order chi connectivity index (χ0) is 14.8. The highest BCUT2D eigenvalue weighted by atomic mass is 16.3. The summed E-state index contributed by atoms with van der Waals surface area (Å²) in [4.78, 5) is 14.2. The second-order valence-corrected chi connectivity index (χ2v) is 5.75. The number of hydrogen-bond acceptors (Lipinski definition) is 4. The van der Waals surface area contributed by atoms with E-state index in [-0.39, 0.29) is 5.91 Å². The fraction of sp³-hybridized carbons (Fsp3) is 0.533. The minimum absolute atomic E-state index is 0.0511. The molecule has 0 saturated heterocycles. The Morgan fingerprint density at radius 2 is 1.95 bits per heavy atom. The van der Waals surface area contributed by atoms with Crippen molar-refractivity contribution in [1.29, 1.82) is 0 Å². The van der Waals surface area contributed by atoms with Gasteiger partial charge in [-0.1, -0.05) is 0 Å². The van der Waals surface area contributed by atoms with Crippen LogP contribution in [-0.4, -0.2) is 47.7 Å². The van der Waals surface area contributed by atoms with Crippen molar-refractivity contribution in [2.45, 2.75) is 26.4 Å². The van der Waals surface area contributed by atoms with E-state index in [1.165, 1.54) is 0 Å². The Hall–Kier alpha value is -1.75. The highest BCUT2D eigenvalue weighted by Crippen LogP contribution is 2.26. The van der Waals surface area contributed by atoms with Gasteiger partial charge in [0.05, 0.1) is 17.0 Å². The fourth-order valence-electron chi connectivity index (χ4n) is 2.35. The third-order valence-electron chi connectivity index (χ3n) is 3.27. The number of hydrogen-bond donors (Lipinski definition) is 3. The summed E-state index contributed by atoms with van der Waals surface area (Å²) in [5.74, 6) is -0.0511. The molecule has 1 aliphatic heterocycles. The van der Waals surface area contributed by atoms with Crippen molar-refractivity contribution in [3.63, 3.8) is 0 Å². The smallest absolute Gasteiger partial charge is 0.254 e. The number of likely N-dealkylation sites (N-methyl/N-ethyl adjacent to an activating group) is 1. The van der Waals surface area contributed by atoms with E-state index in [0.717, 1.165) is 24.5 Å². The lowest BCUT2D eigenvalue weighted by atomic mass is 10.1. The van der Waals surface area contributed by atoms with Crippen LogP contribution in [0.1, 0.15) is 31.1 Å². The second kappa shape index (κ2) is 5.71. The molecule has 2 rings (SSSR count). The van der Waals surface area contributed by atoms with E-state index in [9.17, 15) is 9.90 Å². The summed E-state index contributed by atoms with van der Waals surface area (Å²) in [5, 5.41) is 16.5. The summed E-state index contributed by atoms with van der Waals surface area (Å²) in [6.45, 7) is 7.98. The van der Waals surface area contributed by atoms with Crippen LogP contribution in [0.3, 0.4) is 0 Å². The number of fused-ring (bicyclic) bond motifs is 1. The topological polar surface area (TPSA) is 64.6 Å². The SMILES string of the molecule is CCN(CC(C)(C)O)C(=O)c1ccc2c(c1)NCCN2. The molecule has 0 spiro atoms. The predicted molar refractivity (Wildman–Crippen MR) is 81.3 cm³/mol. The number of nitrogens with zero attached hydrogens (tertiary/aromatic N) is 1. The van der Waals surface area contributed by atoms with Gasteiger partial charge in [0.2, 0.25) is 0 Å². The second-order valence-electron chi connectivity index (χ2n) is 5.75. The molecule has 0 fully saturated rings. The average molecular weight is 277 g/mol. The fourth-order valence-corrected chi connectivity index (χ4v) is 2.35. The molecule has 0 aromatic heterocycles. The molecule has 5 nitrogen and oxygen atoms in total. The number of amides is 1. The lowest BCUT2D eigenvalue weighted by Crippen LogP contribution is -2.42. The Balaban J connectivity index is 2.19. The number of anilines is 2. The van der Waals surface area contributed by atoms with Crippen LogP contribution in [0.15, 0.2) is 18.2 Å². The molecule has 0 radical (unpaired) electrons. The van der Waals surface area contributed by atoms with Crippen LogP contribution in [0, 0.1) is 0 Å². The highest BCUT2D eigenvalue weighted by molar-refractivity contribution is 5.96. The first kappa shape index (κ1) is 14.7. The molecule has 0 bridgehead atoms. The largest absolute Gasteiger partial charge is 0.389 e. The monoisotopic (exact) mass is 277 g/mol. The van der Waals surface area contributed by atoms with Gasteiger partial charge < -0.3 is 20.6 Å². The average Bonchev–Trinajstić information content (AvgIpc) is 2.42. The molecule has 1 aromatic carbocycles. The Morgan fingerprint density at radius 3 is 2.55 bits per heavy atom. The number of nitrogens with one attached hydrogen (secondary N) is 2. The molecule has 1 aromatic rings. The third-order valence-corrected chi connectivity index (χ3v) is 3.27. The van der Waals surface area contributed by atoms with Crippen molar-refractivity contribution < 1.29 is 9.90 Å². The van der Waals surface area contributed by atoms with Gasteiger partial charge in [0, 0.05) is 31.7 Å². The number of aliphatic hydroxyl groups is 1. The first-order valence-electron chi connectivity index (χ1n) is 7.04. The van der Waals surface area contributed by atoms with Gasteiger partial charge in [-0.2, -0.15) is 0 Å². The van der Waals surface area contributed by atoms with Gasteiger partial charge in [-0.05, 0) is 39.0 Å². The minimum Gasteiger partial charge on any atom is -0.389 e. The van der Waals surface area contributed by atoms with Crippen LogP contribution in [0.2, 0.25) is 0 Å². The highest BCUT2D eigenvalue weighted by Gasteiger charge is 2.23. The molecule has 1 amide bonds. The maximum Gasteiger partial charge on any atom is 0.254 e. The van der Waals surface area contributed by atoms with Gasteiger partial charge in [0.15, 0.2) is 0 Å².